The van der Waals surface area contributed by atoms with Crippen LogP contribution < -0.4 is 15.8 Å². The Balaban J connectivity index is 1.65. The zero-order valence-electron chi connectivity index (χ0n) is 18.1. The average Bonchev–Trinajstić information content (AvgIpc) is 2.71. The molecule has 174 valence electrons. The lowest BCUT2D eigenvalue weighted by atomic mass is 9.78. The second-order valence-corrected chi connectivity index (χ2v) is 8.96. The largest absolute Gasteiger partial charge is 0.491 e. The number of amides is 1. The van der Waals surface area contributed by atoms with Crippen LogP contribution in [0.3, 0.4) is 0 Å². The van der Waals surface area contributed by atoms with Gasteiger partial charge in [0.2, 0.25) is 5.91 Å². The summed E-state index contributed by atoms with van der Waals surface area (Å²) in [5.74, 6) is 0.102. The van der Waals surface area contributed by atoms with E-state index in [0.29, 0.717) is 24.3 Å². The normalized spacial score (nSPS) is 19.1. The summed E-state index contributed by atoms with van der Waals surface area (Å²) in [6.07, 6.45) is -1.39. The van der Waals surface area contributed by atoms with E-state index < -0.39 is 17.6 Å². The first-order valence-corrected chi connectivity index (χ1v) is 11.1. The van der Waals surface area contributed by atoms with Gasteiger partial charge >= 0.3 is 6.18 Å². The molecule has 0 spiro atoms. The molecule has 2 aromatic carbocycles. The van der Waals surface area contributed by atoms with Crippen LogP contribution in [0, 0.1) is 5.92 Å². The predicted molar refractivity (Wildman–Crippen MR) is 120 cm³/mol. The van der Waals surface area contributed by atoms with Crippen LogP contribution in [0.4, 0.5) is 18.9 Å². The van der Waals surface area contributed by atoms with Crippen LogP contribution in [-0.4, -0.2) is 18.6 Å². The highest BCUT2D eigenvalue weighted by atomic mass is 35.5. The number of nitrogens with one attached hydrogen (secondary N) is 1. The smallest absolute Gasteiger partial charge is 0.416 e. The fourth-order valence-corrected chi connectivity index (χ4v) is 4.53. The quantitative estimate of drug-likeness (QED) is 0.479. The molecule has 1 aliphatic carbocycles. The van der Waals surface area contributed by atoms with Crippen molar-refractivity contribution in [3.05, 3.63) is 58.1 Å². The number of alkyl halides is 3. The molecule has 2 aromatic rings. The third kappa shape index (κ3) is 6.09. The maximum absolute atomic E-state index is 13.3. The number of anilines is 1. The fourth-order valence-electron chi connectivity index (χ4n) is 4.18. The van der Waals surface area contributed by atoms with Gasteiger partial charge in [-0.15, -0.1) is 0 Å². The number of hydrogen-bond donors (Lipinski definition) is 2. The van der Waals surface area contributed by atoms with Crippen LogP contribution in [0.1, 0.15) is 66.9 Å². The molecular weight excluding hydrogens is 441 g/mol. The van der Waals surface area contributed by atoms with Gasteiger partial charge in [0.05, 0.1) is 22.3 Å². The van der Waals surface area contributed by atoms with E-state index in [1.165, 1.54) is 0 Å². The lowest BCUT2D eigenvalue weighted by Gasteiger charge is -2.30. The number of carbonyl (C=O) groups excluding carboxylic acids is 1. The zero-order valence-corrected chi connectivity index (χ0v) is 18.9. The van der Waals surface area contributed by atoms with Crippen LogP contribution in [0.5, 0.6) is 5.75 Å². The van der Waals surface area contributed by atoms with Crippen LogP contribution in [0.25, 0.3) is 0 Å². The van der Waals surface area contributed by atoms with Gasteiger partial charge in [-0.05, 0) is 81.2 Å². The molecule has 1 aliphatic rings. The lowest BCUT2D eigenvalue weighted by Crippen LogP contribution is -2.22. The van der Waals surface area contributed by atoms with Gasteiger partial charge in [-0.1, -0.05) is 17.7 Å². The molecular formula is C24H28ClF3N2O2. The zero-order chi connectivity index (χ0) is 23.5. The Morgan fingerprint density at radius 3 is 2.47 bits per heavy atom. The van der Waals surface area contributed by atoms with Gasteiger partial charge in [0.15, 0.2) is 0 Å². The second kappa shape index (κ2) is 10.0. The maximum Gasteiger partial charge on any atom is 0.416 e. The predicted octanol–water partition coefficient (Wildman–Crippen LogP) is 6.63. The molecule has 1 fully saturated rings. The number of halogens is 4. The molecule has 4 nitrogen and oxygen atoms in total. The van der Waals surface area contributed by atoms with Crippen molar-refractivity contribution in [1.29, 1.82) is 0 Å². The second-order valence-electron chi connectivity index (χ2n) is 8.58. The number of primary amides is 1. The molecule has 0 saturated heterocycles. The highest BCUT2D eigenvalue weighted by Gasteiger charge is 2.34. The van der Waals surface area contributed by atoms with Crippen molar-refractivity contribution in [1.82, 2.24) is 0 Å². The van der Waals surface area contributed by atoms with E-state index in [1.807, 2.05) is 38.1 Å². The highest BCUT2D eigenvalue weighted by molar-refractivity contribution is 6.34. The number of carbonyl (C=O) groups is 1. The van der Waals surface area contributed by atoms with Crippen LogP contribution in [0.2, 0.25) is 5.02 Å². The van der Waals surface area contributed by atoms with Crippen molar-refractivity contribution in [2.45, 2.75) is 57.7 Å². The molecule has 0 atom stereocenters. The molecule has 1 saturated carbocycles. The fraction of sp³-hybridized carbons (Fsp3) is 0.458. The molecule has 0 heterocycles. The van der Waals surface area contributed by atoms with Gasteiger partial charge in [-0.2, -0.15) is 13.2 Å². The summed E-state index contributed by atoms with van der Waals surface area (Å²) >= 11 is 6.30. The Morgan fingerprint density at radius 1 is 1.19 bits per heavy atom. The summed E-state index contributed by atoms with van der Waals surface area (Å²) in [6, 6.07) is 9.59. The Morgan fingerprint density at radius 2 is 1.88 bits per heavy atom. The van der Waals surface area contributed by atoms with Gasteiger partial charge in [0.25, 0.3) is 0 Å². The van der Waals surface area contributed by atoms with Crippen molar-refractivity contribution >= 4 is 23.2 Å². The van der Waals surface area contributed by atoms with E-state index in [1.54, 1.807) is 0 Å². The van der Waals surface area contributed by atoms with Crippen molar-refractivity contribution < 1.29 is 22.7 Å². The van der Waals surface area contributed by atoms with Crippen molar-refractivity contribution in [3.8, 4) is 5.75 Å². The molecule has 32 heavy (non-hydrogen) atoms. The first-order valence-electron chi connectivity index (χ1n) is 10.8. The van der Waals surface area contributed by atoms with E-state index in [4.69, 9.17) is 22.1 Å². The molecule has 0 unspecified atom stereocenters. The van der Waals surface area contributed by atoms with E-state index in [-0.39, 0.29) is 22.6 Å². The number of hydrogen-bond acceptors (Lipinski definition) is 3. The minimum absolute atomic E-state index is 0.0362. The number of benzene rings is 2. The van der Waals surface area contributed by atoms with E-state index in [0.717, 1.165) is 43.0 Å². The third-order valence-corrected chi connectivity index (χ3v) is 6.20. The SMILES string of the molecule is CC(C)Oc1cccc(NCC2CCC(c3cc(C(F)(F)F)cc(C(N)=O)c3Cl)CC2)c1. The molecule has 8 heteroatoms. The van der Waals surface area contributed by atoms with E-state index in [2.05, 4.69) is 5.32 Å². The number of nitrogens with two attached hydrogens (primary N) is 1. The minimum Gasteiger partial charge on any atom is -0.491 e. The Kier molecular flexibility index (Phi) is 7.59. The molecule has 0 radical (unpaired) electrons. The summed E-state index contributed by atoms with van der Waals surface area (Å²) in [5.41, 5.74) is 5.44. The Bertz CT molecular complexity index is 955. The average molecular weight is 469 g/mol. The van der Waals surface area contributed by atoms with Gasteiger partial charge in [0.1, 0.15) is 5.75 Å². The molecule has 0 bridgehead atoms. The monoisotopic (exact) mass is 468 g/mol. The van der Waals surface area contributed by atoms with Crippen LogP contribution in [-0.2, 0) is 6.18 Å². The minimum atomic E-state index is -4.57. The van der Waals surface area contributed by atoms with Crippen molar-refractivity contribution in [3.63, 3.8) is 0 Å². The molecule has 0 aliphatic heterocycles. The van der Waals surface area contributed by atoms with Gasteiger partial charge in [-0.3, -0.25) is 4.79 Å². The van der Waals surface area contributed by atoms with E-state index >= 15 is 0 Å². The van der Waals surface area contributed by atoms with Gasteiger partial charge in [-0.25, -0.2) is 0 Å². The molecule has 0 aromatic heterocycles. The number of ether oxygens (including phenoxy) is 1. The van der Waals surface area contributed by atoms with Crippen molar-refractivity contribution in [2.75, 3.05) is 11.9 Å². The van der Waals surface area contributed by atoms with E-state index in [9.17, 15) is 18.0 Å². The summed E-state index contributed by atoms with van der Waals surface area (Å²) in [7, 11) is 0. The first kappa shape index (κ1) is 24.2. The van der Waals surface area contributed by atoms with Gasteiger partial charge in [0, 0.05) is 18.3 Å². The van der Waals surface area contributed by atoms with Crippen LogP contribution in [0.15, 0.2) is 36.4 Å². The summed E-state index contributed by atoms with van der Waals surface area (Å²) in [4.78, 5) is 11.6. The van der Waals surface area contributed by atoms with Gasteiger partial charge < -0.3 is 15.8 Å². The highest BCUT2D eigenvalue weighted by Crippen LogP contribution is 2.42. The molecule has 1 amide bonds. The molecule has 3 rings (SSSR count). The summed E-state index contributed by atoms with van der Waals surface area (Å²) in [5, 5.41) is 3.47. The Labute approximate surface area is 191 Å². The third-order valence-electron chi connectivity index (χ3n) is 5.78. The van der Waals surface area contributed by atoms with Crippen molar-refractivity contribution in [2.24, 2.45) is 11.7 Å². The summed E-state index contributed by atoms with van der Waals surface area (Å²) in [6.45, 7) is 4.71. The number of rotatable bonds is 7. The maximum atomic E-state index is 13.3. The standard InChI is InChI=1S/C24H28ClF3N2O2/c1-14(2)32-19-5-3-4-18(12-19)30-13-15-6-8-16(9-7-15)20-10-17(24(26,27)28)11-21(22(20)25)23(29)31/h3-5,10-12,14-16,30H,6-9,13H2,1-2H3,(H2,29,31). The Hall–Kier alpha value is -2.41. The summed E-state index contributed by atoms with van der Waals surface area (Å²) < 4.78 is 45.7. The topological polar surface area (TPSA) is 64.3 Å². The molecule has 3 N–H and O–H groups in total. The first-order chi connectivity index (χ1) is 15.0. The lowest BCUT2D eigenvalue weighted by molar-refractivity contribution is -0.137. The van der Waals surface area contributed by atoms with Crippen LogP contribution >= 0.6 is 11.6 Å².